The lowest BCUT2D eigenvalue weighted by molar-refractivity contribution is -0.149. The monoisotopic (exact) mass is 458 g/mol. The molecule has 2 unspecified atom stereocenters. The van der Waals surface area contributed by atoms with Crippen LogP contribution in [-0.2, 0) is 25.7 Å². The molecule has 0 aliphatic heterocycles. The molecule has 0 aromatic heterocycles. The molecule has 180 valence electrons. The molecule has 2 N–H and O–H groups in total. The van der Waals surface area contributed by atoms with Gasteiger partial charge in [0, 0.05) is 12.5 Å². The van der Waals surface area contributed by atoms with Gasteiger partial charge in [-0.2, -0.15) is 0 Å². The zero-order valence-corrected chi connectivity index (χ0v) is 19.8. The van der Waals surface area contributed by atoms with Gasteiger partial charge in [0.2, 0.25) is 5.91 Å². The predicted octanol–water partition coefficient (Wildman–Crippen LogP) is 3.54. The third-order valence-electron chi connectivity index (χ3n) is 5.18. The Morgan fingerprint density at radius 2 is 1.73 bits per heavy atom. The Morgan fingerprint density at radius 1 is 1.06 bits per heavy atom. The van der Waals surface area contributed by atoms with E-state index in [0.717, 1.165) is 18.4 Å². The van der Waals surface area contributed by atoms with Gasteiger partial charge in [-0.05, 0) is 30.4 Å². The summed E-state index contributed by atoms with van der Waals surface area (Å²) in [5.41, 5.74) is 1.05. The molecule has 0 bridgehead atoms. The molecule has 8 nitrogen and oxygen atoms in total. The van der Waals surface area contributed by atoms with E-state index in [1.54, 1.807) is 0 Å². The van der Waals surface area contributed by atoms with Gasteiger partial charge in [0.25, 0.3) is 0 Å². The van der Waals surface area contributed by atoms with Crippen LogP contribution >= 0.6 is 0 Å². The lowest BCUT2D eigenvalue weighted by Gasteiger charge is -2.28. The largest absolute Gasteiger partial charge is 0.455 e. The lowest BCUT2D eigenvalue weighted by atomic mass is 9.99. The van der Waals surface area contributed by atoms with Gasteiger partial charge in [-0.3, -0.25) is 14.4 Å². The number of hydrogen-bond acceptors (Lipinski definition) is 6. The Kier molecular flexibility index (Phi) is 10.1. The van der Waals surface area contributed by atoms with E-state index < -0.39 is 36.2 Å². The normalized spacial score (nSPS) is 13.8. The van der Waals surface area contributed by atoms with E-state index in [4.69, 9.17) is 9.47 Å². The Morgan fingerprint density at radius 3 is 2.27 bits per heavy atom. The zero-order valence-electron chi connectivity index (χ0n) is 19.8. The summed E-state index contributed by atoms with van der Waals surface area (Å²) >= 11 is 0. The van der Waals surface area contributed by atoms with E-state index in [-0.39, 0.29) is 18.0 Å². The van der Waals surface area contributed by atoms with Crippen LogP contribution in [0.3, 0.4) is 0 Å². The minimum atomic E-state index is -0.838. The second-order valence-electron chi connectivity index (χ2n) is 8.64. The zero-order chi connectivity index (χ0) is 24.4. The average Bonchev–Trinajstić information content (AvgIpc) is 3.49. The van der Waals surface area contributed by atoms with E-state index in [1.807, 2.05) is 51.1 Å². The fourth-order valence-corrected chi connectivity index (χ4v) is 3.49. The highest BCUT2D eigenvalue weighted by Crippen LogP contribution is 2.25. The van der Waals surface area contributed by atoms with Gasteiger partial charge < -0.3 is 20.1 Å². The maximum absolute atomic E-state index is 13.2. The first-order chi connectivity index (χ1) is 15.7. The van der Waals surface area contributed by atoms with Crippen LogP contribution in [0.25, 0.3) is 0 Å². The van der Waals surface area contributed by atoms with Crippen LogP contribution in [0.2, 0.25) is 0 Å². The van der Waals surface area contributed by atoms with Crippen molar-refractivity contribution in [3.63, 3.8) is 0 Å². The summed E-state index contributed by atoms with van der Waals surface area (Å²) in [5.74, 6) is -0.814. The number of carbonyl (C=O) groups is 3. The highest BCUT2D eigenvalue weighted by atomic mass is 16.6. The maximum Gasteiger partial charge on any atom is 0.408 e. The van der Waals surface area contributed by atoms with E-state index in [9.17, 15) is 19.2 Å². The van der Waals surface area contributed by atoms with Crippen molar-refractivity contribution >= 4 is 18.0 Å². The number of rotatable bonds is 13. The lowest BCUT2D eigenvalue weighted by Crippen LogP contribution is -2.51. The standard InChI is InChI=1S/C25H34N2O6/c1-5-6-12-20(23(33-17(4)28)19-14-22(19)29)26-24(30)21(13-16(2)3)27-25(31)32-15-18-10-8-7-9-11-18/h7-11,14,16,20-21,23H,5-6,12-13,15H2,1-4H3,(H,26,30)(H,27,31)/t20-,21?,23?/m0/s1. The SMILES string of the molecule is CCCC[C@H](NC(=O)C(CC(C)C)NC(=O)OCc1ccccc1)C(OC(C)=O)c1cc1=O. The third-order valence-corrected chi connectivity index (χ3v) is 5.18. The average molecular weight is 459 g/mol. The summed E-state index contributed by atoms with van der Waals surface area (Å²) in [6, 6.07) is 9.25. The molecule has 2 amide bonds. The van der Waals surface area contributed by atoms with Gasteiger partial charge in [0.15, 0.2) is 11.5 Å². The first kappa shape index (κ1) is 26.1. The van der Waals surface area contributed by atoms with Crippen LogP contribution in [0.1, 0.15) is 70.6 Å². The summed E-state index contributed by atoms with van der Waals surface area (Å²) in [6.45, 7) is 7.26. The van der Waals surface area contributed by atoms with Crippen molar-refractivity contribution in [3.05, 3.63) is 57.7 Å². The van der Waals surface area contributed by atoms with Crippen molar-refractivity contribution in [1.29, 1.82) is 0 Å². The highest BCUT2D eigenvalue weighted by Gasteiger charge is 2.34. The molecule has 2 rings (SSSR count). The van der Waals surface area contributed by atoms with Crippen LogP contribution in [0, 0.1) is 5.92 Å². The molecule has 0 saturated carbocycles. The molecule has 0 radical (unpaired) electrons. The second kappa shape index (κ2) is 12.8. The van der Waals surface area contributed by atoms with E-state index in [1.165, 1.54) is 13.0 Å². The summed E-state index contributed by atoms with van der Waals surface area (Å²) < 4.78 is 10.6. The number of ether oxygens (including phenoxy) is 2. The Labute approximate surface area is 194 Å². The number of hydrogen-bond donors (Lipinski definition) is 2. The predicted molar refractivity (Wildman–Crippen MR) is 124 cm³/mol. The number of benzene rings is 1. The fraction of sp³-hybridized carbons (Fsp3) is 0.520. The smallest absolute Gasteiger partial charge is 0.408 e. The molecule has 8 heteroatoms. The van der Waals surface area contributed by atoms with Crippen molar-refractivity contribution < 1.29 is 23.9 Å². The summed E-state index contributed by atoms with van der Waals surface area (Å²) in [5, 5.41) is 5.55. The van der Waals surface area contributed by atoms with Crippen molar-refractivity contribution in [1.82, 2.24) is 10.6 Å². The highest BCUT2D eigenvalue weighted by molar-refractivity contribution is 5.86. The van der Waals surface area contributed by atoms with Crippen LogP contribution < -0.4 is 16.1 Å². The van der Waals surface area contributed by atoms with Gasteiger partial charge in [0.1, 0.15) is 12.6 Å². The molecule has 3 atom stereocenters. The van der Waals surface area contributed by atoms with Crippen LogP contribution in [-0.4, -0.2) is 30.1 Å². The Bertz CT molecular complexity index is 917. The molecular formula is C25H34N2O6. The molecule has 0 saturated heterocycles. The first-order valence-electron chi connectivity index (χ1n) is 11.4. The number of carbonyl (C=O) groups excluding carboxylic acids is 3. The van der Waals surface area contributed by atoms with Crippen molar-refractivity contribution in [2.45, 2.75) is 78.2 Å². The topological polar surface area (TPSA) is 111 Å². The summed E-state index contributed by atoms with van der Waals surface area (Å²) in [4.78, 5) is 48.9. The molecule has 2 aromatic rings. The third kappa shape index (κ3) is 9.08. The number of amides is 2. The van der Waals surface area contributed by atoms with Crippen LogP contribution in [0.15, 0.2) is 41.2 Å². The molecule has 0 spiro atoms. The van der Waals surface area contributed by atoms with Crippen LogP contribution in [0.5, 0.6) is 0 Å². The second-order valence-corrected chi connectivity index (χ2v) is 8.64. The van der Waals surface area contributed by atoms with Gasteiger partial charge in [-0.15, -0.1) is 0 Å². The quantitative estimate of drug-likeness (QED) is 0.444. The molecule has 0 fully saturated rings. The van der Waals surface area contributed by atoms with Gasteiger partial charge in [-0.25, -0.2) is 4.79 Å². The first-order valence-corrected chi connectivity index (χ1v) is 11.4. The minimum absolute atomic E-state index is 0.0899. The molecular weight excluding hydrogens is 424 g/mol. The number of unbranched alkanes of at least 4 members (excludes halogenated alkanes) is 1. The Balaban J connectivity index is 2.08. The van der Waals surface area contributed by atoms with E-state index in [0.29, 0.717) is 18.4 Å². The molecule has 33 heavy (non-hydrogen) atoms. The number of esters is 1. The fourth-order valence-electron chi connectivity index (χ4n) is 3.49. The Hall–Kier alpha value is -3.16. The molecule has 0 aliphatic rings. The molecule has 0 aliphatic carbocycles. The molecule has 2 aromatic carbocycles. The van der Waals surface area contributed by atoms with Crippen molar-refractivity contribution in [3.8, 4) is 0 Å². The van der Waals surface area contributed by atoms with E-state index >= 15 is 0 Å². The van der Waals surface area contributed by atoms with Gasteiger partial charge in [0.05, 0.1) is 6.04 Å². The minimum Gasteiger partial charge on any atom is -0.455 e. The summed E-state index contributed by atoms with van der Waals surface area (Å²) in [7, 11) is 0. The van der Waals surface area contributed by atoms with Crippen LogP contribution in [0.4, 0.5) is 4.79 Å². The summed E-state index contributed by atoms with van der Waals surface area (Å²) in [6.07, 6.45) is 1.03. The van der Waals surface area contributed by atoms with Crippen molar-refractivity contribution in [2.24, 2.45) is 5.92 Å². The van der Waals surface area contributed by atoms with Gasteiger partial charge in [-0.1, -0.05) is 63.9 Å². The number of alkyl carbamates (subject to hydrolysis) is 1. The van der Waals surface area contributed by atoms with Crippen molar-refractivity contribution in [2.75, 3.05) is 0 Å². The molecule has 0 heterocycles. The maximum atomic E-state index is 13.2. The van der Waals surface area contributed by atoms with E-state index in [2.05, 4.69) is 10.6 Å². The number of nitrogens with one attached hydrogen (secondary N) is 2. The van der Waals surface area contributed by atoms with Gasteiger partial charge >= 0.3 is 12.1 Å².